The van der Waals surface area contributed by atoms with E-state index in [0.717, 1.165) is 28.4 Å². The van der Waals surface area contributed by atoms with Gasteiger partial charge in [0.05, 0.1) is 41.0 Å². The molecule has 4 aliphatic rings. The zero-order chi connectivity index (χ0) is 27.7. The van der Waals surface area contributed by atoms with E-state index in [4.69, 9.17) is 27.3 Å². The molecule has 4 atom stereocenters. The summed E-state index contributed by atoms with van der Waals surface area (Å²) in [6.45, 7) is 2.67. The van der Waals surface area contributed by atoms with E-state index >= 15 is 0 Å². The Kier molecular flexibility index (Phi) is 5.03. The van der Waals surface area contributed by atoms with E-state index < -0.39 is 88.8 Å². The number of carbonyl (C=O) groups is 4. The molecule has 4 fully saturated rings. The maximum absolute atomic E-state index is 13.6. The average Bonchev–Trinajstić information content (AvgIpc) is 3.49. The highest BCUT2D eigenvalue weighted by molar-refractivity contribution is 7.86. The lowest BCUT2D eigenvalue weighted by atomic mass is 9.64. The number of methoxy groups -OCH3 is 4. The summed E-state index contributed by atoms with van der Waals surface area (Å²) in [7, 11) is -5.16. The first-order chi connectivity index (χ1) is 16.4. The predicted molar refractivity (Wildman–Crippen MR) is 113 cm³/mol. The molecule has 0 aromatic rings. The fourth-order valence-electron chi connectivity index (χ4n) is 8.83. The normalized spacial score (nSPS) is 45.3. The molecule has 0 aromatic carbocycles. The van der Waals surface area contributed by atoms with Crippen molar-refractivity contribution in [2.45, 2.75) is 26.1 Å². The van der Waals surface area contributed by atoms with Crippen LogP contribution in [0.15, 0.2) is 0 Å². The molecule has 0 aliphatic heterocycles. The second-order valence-electron chi connectivity index (χ2n) is 9.81. The van der Waals surface area contributed by atoms with Crippen LogP contribution < -0.4 is 0 Å². The number of hydrogen-bond donors (Lipinski definition) is 0. The molecule has 0 spiro atoms. The molecule has 0 bridgehead atoms. The highest BCUT2D eigenvalue weighted by Gasteiger charge is 3.27. The molecular weight excluding hydrogens is 528 g/mol. The van der Waals surface area contributed by atoms with E-state index in [9.17, 15) is 36.0 Å². The molecule has 4 rings (SSSR count). The van der Waals surface area contributed by atoms with Crippen LogP contribution in [-0.2, 0) is 66.7 Å². The molecule has 0 heterocycles. The Morgan fingerprint density at radius 3 is 0.861 bits per heavy atom. The van der Waals surface area contributed by atoms with Crippen molar-refractivity contribution in [1.82, 2.24) is 0 Å². The topological polar surface area (TPSA) is 192 Å². The van der Waals surface area contributed by atoms with Crippen LogP contribution in [0.3, 0.4) is 0 Å². The van der Waals surface area contributed by atoms with Gasteiger partial charge in [-0.3, -0.25) is 27.5 Å². The number of hydrogen-bond acceptors (Lipinski definition) is 14. The van der Waals surface area contributed by atoms with E-state index in [1.807, 2.05) is 0 Å². The lowest BCUT2D eigenvalue weighted by Crippen LogP contribution is -2.63. The molecule has 14 nitrogen and oxygen atoms in total. The van der Waals surface area contributed by atoms with Gasteiger partial charge < -0.3 is 18.9 Å². The molecule has 4 saturated carbocycles. The number of carbonyl (C=O) groups excluding carboxylic acids is 4. The SMILES string of the molecule is COC(=O)C12C(OS(C)(=O)=O)C3(C(=O)OC)C4(C(=O)OC)C(OS(C)(=O)=O)C1(C(=O)OC)C2(C)C34C. The Bertz CT molecular complexity index is 1170. The summed E-state index contributed by atoms with van der Waals surface area (Å²) in [6, 6.07) is 0. The van der Waals surface area contributed by atoms with Crippen LogP contribution in [0, 0.1) is 32.5 Å². The maximum Gasteiger partial charge on any atom is 0.316 e. The second-order valence-corrected chi connectivity index (χ2v) is 13.0. The first-order valence-electron chi connectivity index (χ1n) is 10.5. The van der Waals surface area contributed by atoms with Gasteiger partial charge in [0, 0.05) is 10.8 Å². The van der Waals surface area contributed by atoms with Crippen molar-refractivity contribution >= 4 is 44.1 Å². The summed E-state index contributed by atoms with van der Waals surface area (Å²) >= 11 is 0. The van der Waals surface area contributed by atoms with Crippen LogP contribution in [0.25, 0.3) is 0 Å². The van der Waals surface area contributed by atoms with Crippen LogP contribution in [0.5, 0.6) is 0 Å². The van der Waals surface area contributed by atoms with Gasteiger partial charge in [0.2, 0.25) is 0 Å². The third-order valence-corrected chi connectivity index (χ3v) is 10.5. The minimum absolute atomic E-state index is 0.645. The predicted octanol–water partition coefficient (Wildman–Crippen LogP) is -1.62. The van der Waals surface area contributed by atoms with Crippen molar-refractivity contribution in [1.29, 1.82) is 0 Å². The summed E-state index contributed by atoms with van der Waals surface area (Å²) < 4.78 is 80.5. The number of esters is 4. The fraction of sp³-hybridized carbons (Fsp3) is 0.800. The summed E-state index contributed by atoms with van der Waals surface area (Å²) in [5.74, 6) is -4.77. The molecule has 0 N–H and O–H groups in total. The van der Waals surface area contributed by atoms with Crippen molar-refractivity contribution in [3.63, 3.8) is 0 Å². The second kappa shape index (κ2) is 6.76. The minimum atomic E-state index is -4.49. The monoisotopic (exact) mass is 554 g/mol. The zero-order valence-corrected chi connectivity index (χ0v) is 22.3. The summed E-state index contributed by atoms with van der Waals surface area (Å²) in [6.07, 6.45) is -2.81. The summed E-state index contributed by atoms with van der Waals surface area (Å²) in [5, 5.41) is 0. The van der Waals surface area contributed by atoms with Crippen molar-refractivity contribution in [3.05, 3.63) is 0 Å². The van der Waals surface area contributed by atoms with Gasteiger partial charge in [0.15, 0.2) is 0 Å². The van der Waals surface area contributed by atoms with Gasteiger partial charge in [0.1, 0.15) is 33.9 Å². The van der Waals surface area contributed by atoms with Gasteiger partial charge in [-0.05, 0) is 0 Å². The third-order valence-electron chi connectivity index (χ3n) is 9.42. The van der Waals surface area contributed by atoms with Gasteiger partial charge in [0.25, 0.3) is 20.2 Å². The van der Waals surface area contributed by atoms with E-state index in [-0.39, 0.29) is 0 Å². The van der Waals surface area contributed by atoms with Crippen molar-refractivity contribution in [2.75, 3.05) is 41.0 Å². The fourth-order valence-corrected chi connectivity index (χ4v) is 10.1. The van der Waals surface area contributed by atoms with Gasteiger partial charge in [-0.15, -0.1) is 0 Å². The average molecular weight is 555 g/mol. The van der Waals surface area contributed by atoms with Gasteiger partial charge in [-0.1, -0.05) is 13.8 Å². The Labute approximate surface area is 207 Å². The largest absolute Gasteiger partial charge is 0.468 e. The molecule has 16 heteroatoms. The molecule has 36 heavy (non-hydrogen) atoms. The van der Waals surface area contributed by atoms with Crippen LogP contribution in [0.2, 0.25) is 0 Å². The third kappa shape index (κ3) is 1.98. The number of ether oxygens (including phenoxy) is 4. The standard InChI is InChI=1S/C20H26O14S2/c1-15-16(2)19(13(23)31-5)9(33-35(7,25)26)17(15,11(21)29-3)18(15,12(22)30-4)10(34-36(8,27)28)20(16,19)14(24)32-6/h9-10H,1-8H3. The maximum atomic E-state index is 13.6. The lowest BCUT2D eigenvalue weighted by Gasteiger charge is -2.44. The van der Waals surface area contributed by atoms with E-state index in [1.165, 1.54) is 13.8 Å². The van der Waals surface area contributed by atoms with Crippen LogP contribution in [-0.4, -0.2) is 93.9 Å². The smallest absolute Gasteiger partial charge is 0.316 e. The van der Waals surface area contributed by atoms with E-state index in [0.29, 0.717) is 12.5 Å². The lowest BCUT2D eigenvalue weighted by molar-refractivity contribution is -0.194. The number of rotatable bonds is 8. The van der Waals surface area contributed by atoms with Crippen LogP contribution in [0.4, 0.5) is 0 Å². The molecule has 0 radical (unpaired) electrons. The number of fused-ring (bicyclic) bond motifs is 2. The van der Waals surface area contributed by atoms with E-state index in [1.54, 1.807) is 0 Å². The van der Waals surface area contributed by atoms with Crippen LogP contribution >= 0.6 is 0 Å². The Morgan fingerprint density at radius 2 is 0.722 bits per heavy atom. The molecule has 0 amide bonds. The first kappa shape index (κ1) is 26.8. The van der Waals surface area contributed by atoms with Crippen LogP contribution in [0.1, 0.15) is 13.8 Å². The summed E-state index contributed by atoms with van der Waals surface area (Å²) in [5.41, 5.74) is -13.1. The first-order valence-corrected chi connectivity index (χ1v) is 14.1. The molecule has 4 aliphatic carbocycles. The van der Waals surface area contributed by atoms with Crippen molar-refractivity contribution in [2.24, 2.45) is 32.5 Å². The van der Waals surface area contributed by atoms with Gasteiger partial charge in [-0.2, -0.15) is 16.8 Å². The van der Waals surface area contributed by atoms with E-state index in [2.05, 4.69) is 0 Å². The molecule has 0 aromatic heterocycles. The highest BCUT2D eigenvalue weighted by atomic mass is 32.2. The Hall–Kier alpha value is -2.30. The quantitative estimate of drug-likeness (QED) is 0.189. The summed E-state index contributed by atoms with van der Waals surface area (Å²) in [4.78, 5) is 54.3. The van der Waals surface area contributed by atoms with Gasteiger partial charge >= 0.3 is 23.9 Å². The molecule has 4 unspecified atom stereocenters. The molecular formula is C20H26O14S2. The zero-order valence-electron chi connectivity index (χ0n) is 20.7. The van der Waals surface area contributed by atoms with Crippen molar-refractivity contribution in [3.8, 4) is 0 Å². The minimum Gasteiger partial charge on any atom is -0.468 e. The van der Waals surface area contributed by atoms with Gasteiger partial charge in [-0.25, -0.2) is 0 Å². The highest BCUT2D eigenvalue weighted by Crippen LogP contribution is 3.14. The Morgan fingerprint density at radius 1 is 0.528 bits per heavy atom. The molecule has 0 saturated heterocycles. The van der Waals surface area contributed by atoms with Crippen molar-refractivity contribution < 1.29 is 63.3 Å². The Balaban J connectivity index is 2.26. The molecule has 202 valence electrons.